The van der Waals surface area contributed by atoms with Gasteiger partial charge in [0, 0.05) is 16.3 Å². The number of halogens is 1. The van der Waals surface area contributed by atoms with Crippen LogP contribution in [0.5, 0.6) is 23.0 Å². The van der Waals surface area contributed by atoms with Gasteiger partial charge in [0.15, 0.2) is 11.5 Å². The Hall–Kier alpha value is -2.79. The Morgan fingerprint density at radius 1 is 0.808 bits per heavy atom. The summed E-state index contributed by atoms with van der Waals surface area (Å²) in [5.74, 6) is 2.89. The lowest BCUT2D eigenvalue weighted by molar-refractivity contribution is 0.354. The summed E-state index contributed by atoms with van der Waals surface area (Å²) >= 11 is 3.53. The van der Waals surface area contributed by atoms with Crippen LogP contribution in [-0.2, 0) is 0 Å². The Labute approximate surface area is 161 Å². The molecule has 0 heterocycles. The summed E-state index contributed by atoms with van der Waals surface area (Å²) in [7, 11) is 3.22. The fourth-order valence-corrected chi connectivity index (χ4v) is 2.76. The summed E-state index contributed by atoms with van der Waals surface area (Å²) in [6.07, 6.45) is 1.78. The second-order valence-electron chi connectivity index (χ2n) is 5.40. The van der Waals surface area contributed by atoms with Crippen molar-refractivity contribution in [2.45, 2.75) is 0 Å². The molecule has 0 bridgehead atoms. The highest BCUT2D eigenvalue weighted by Crippen LogP contribution is 2.33. The third kappa shape index (κ3) is 4.43. The zero-order chi connectivity index (χ0) is 18.4. The van der Waals surface area contributed by atoms with Crippen molar-refractivity contribution in [1.82, 2.24) is 0 Å². The number of rotatable bonds is 6. The minimum absolute atomic E-state index is 0.656. The summed E-state index contributed by atoms with van der Waals surface area (Å²) < 4.78 is 17.3. The van der Waals surface area contributed by atoms with Crippen LogP contribution in [0.2, 0.25) is 0 Å². The van der Waals surface area contributed by atoms with Gasteiger partial charge in [-0.3, -0.25) is 4.99 Å². The molecule has 0 fully saturated rings. The van der Waals surface area contributed by atoms with Gasteiger partial charge in [0.1, 0.15) is 11.5 Å². The van der Waals surface area contributed by atoms with Gasteiger partial charge in [-0.05, 0) is 64.5 Å². The molecule has 26 heavy (non-hydrogen) atoms. The maximum absolute atomic E-state index is 5.78. The predicted molar refractivity (Wildman–Crippen MR) is 107 cm³/mol. The Morgan fingerprint density at radius 2 is 1.42 bits per heavy atom. The Bertz CT molecular complexity index is 893. The van der Waals surface area contributed by atoms with Crippen LogP contribution in [0, 0.1) is 0 Å². The summed E-state index contributed by atoms with van der Waals surface area (Å²) in [5.41, 5.74) is 1.72. The molecule has 5 heteroatoms. The Kier molecular flexibility index (Phi) is 5.92. The zero-order valence-electron chi connectivity index (χ0n) is 14.5. The first-order valence-electron chi connectivity index (χ1n) is 7.98. The molecule has 0 atom stereocenters. The van der Waals surface area contributed by atoms with E-state index < -0.39 is 0 Å². The van der Waals surface area contributed by atoms with Crippen LogP contribution in [0.1, 0.15) is 5.56 Å². The number of para-hydroxylation sites is 1. The monoisotopic (exact) mass is 411 g/mol. The highest BCUT2D eigenvalue weighted by Gasteiger charge is 2.08. The zero-order valence-corrected chi connectivity index (χ0v) is 16.1. The first-order valence-corrected chi connectivity index (χ1v) is 8.77. The molecular weight excluding hydrogens is 394 g/mol. The van der Waals surface area contributed by atoms with E-state index in [9.17, 15) is 0 Å². The molecule has 0 N–H and O–H groups in total. The number of ether oxygens (including phenoxy) is 3. The standard InChI is InChI=1S/C21H18BrNO3/c1-24-20-12-15(19(22)13-21(20)25-2)14-23-16-8-10-18(11-9-16)26-17-6-4-3-5-7-17/h3-14H,1-2H3. The van der Waals surface area contributed by atoms with Crippen LogP contribution >= 0.6 is 15.9 Å². The van der Waals surface area contributed by atoms with E-state index in [1.54, 1.807) is 20.4 Å². The molecule has 0 aliphatic rings. The summed E-state index contributed by atoms with van der Waals surface area (Å²) in [6.45, 7) is 0. The molecule has 132 valence electrons. The summed E-state index contributed by atoms with van der Waals surface area (Å²) in [5, 5.41) is 0. The molecule has 0 amide bonds. The van der Waals surface area contributed by atoms with Crippen molar-refractivity contribution in [3.63, 3.8) is 0 Å². The van der Waals surface area contributed by atoms with E-state index in [1.165, 1.54) is 0 Å². The van der Waals surface area contributed by atoms with Gasteiger partial charge in [0.05, 0.1) is 19.9 Å². The molecule has 0 saturated heterocycles. The molecule has 3 aromatic carbocycles. The average Bonchev–Trinajstić information content (AvgIpc) is 2.68. The van der Waals surface area contributed by atoms with Crippen molar-refractivity contribution in [3.05, 3.63) is 76.8 Å². The van der Waals surface area contributed by atoms with Crippen LogP contribution in [0.25, 0.3) is 0 Å². The van der Waals surface area contributed by atoms with Gasteiger partial charge in [-0.15, -0.1) is 0 Å². The molecule has 3 aromatic rings. The maximum Gasteiger partial charge on any atom is 0.161 e. The molecule has 4 nitrogen and oxygen atoms in total. The SMILES string of the molecule is COc1cc(Br)c(C=Nc2ccc(Oc3ccccc3)cc2)cc1OC. The van der Waals surface area contributed by atoms with E-state index >= 15 is 0 Å². The van der Waals surface area contributed by atoms with Crippen molar-refractivity contribution in [2.24, 2.45) is 4.99 Å². The van der Waals surface area contributed by atoms with E-state index in [2.05, 4.69) is 20.9 Å². The minimum atomic E-state index is 0.656. The summed E-state index contributed by atoms with van der Waals surface area (Å²) in [4.78, 5) is 4.51. The minimum Gasteiger partial charge on any atom is -0.493 e. The van der Waals surface area contributed by atoms with Crippen molar-refractivity contribution in [1.29, 1.82) is 0 Å². The predicted octanol–water partition coefficient (Wildman–Crippen LogP) is 6.01. The number of hydrogen-bond acceptors (Lipinski definition) is 4. The van der Waals surface area contributed by atoms with E-state index in [4.69, 9.17) is 14.2 Å². The molecular formula is C21H18BrNO3. The number of methoxy groups -OCH3 is 2. The molecule has 0 saturated carbocycles. The average molecular weight is 412 g/mol. The molecule has 0 aliphatic heterocycles. The molecule has 3 rings (SSSR count). The molecule has 0 aliphatic carbocycles. The number of hydrogen-bond donors (Lipinski definition) is 0. The highest BCUT2D eigenvalue weighted by molar-refractivity contribution is 9.10. The normalized spacial score (nSPS) is 10.7. The van der Waals surface area contributed by atoms with Gasteiger partial charge >= 0.3 is 0 Å². The highest BCUT2D eigenvalue weighted by atomic mass is 79.9. The fourth-order valence-electron chi connectivity index (χ4n) is 2.34. The van der Waals surface area contributed by atoms with Gasteiger partial charge in [-0.2, -0.15) is 0 Å². The van der Waals surface area contributed by atoms with Crippen molar-refractivity contribution in [2.75, 3.05) is 14.2 Å². The second kappa shape index (κ2) is 8.54. The molecule has 0 unspecified atom stereocenters. The van der Waals surface area contributed by atoms with Gasteiger partial charge in [0.25, 0.3) is 0 Å². The van der Waals surface area contributed by atoms with E-state index in [1.807, 2.05) is 66.7 Å². The van der Waals surface area contributed by atoms with Crippen LogP contribution < -0.4 is 14.2 Å². The first-order chi connectivity index (χ1) is 12.7. The van der Waals surface area contributed by atoms with Gasteiger partial charge in [-0.25, -0.2) is 0 Å². The van der Waals surface area contributed by atoms with Gasteiger partial charge < -0.3 is 14.2 Å². The van der Waals surface area contributed by atoms with Crippen molar-refractivity contribution < 1.29 is 14.2 Å². The van der Waals surface area contributed by atoms with Crippen LogP contribution in [0.15, 0.2) is 76.2 Å². The fraction of sp³-hybridized carbons (Fsp3) is 0.0952. The number of benzene rings is 3. The van der Waals surface area contributed by atoms with Crippen LogP contribution in [-0.4, -0.2) is 20.4 Å². The molecule has 0 radical (unpaired) electrons. The van der Waals surface area contributed by atoms with Crippen molar-refractivity contribution in [3.8, 4) is 23.0 Å². The Balaban J connectivity index is 1.75. The van der Waals surface area contributed by atoms with Crippen LogP contribution in [0.4, 0.5) is 5.69 Å². The third-order valence-electron chi connectivity index (χ3n) is 3.67. The number of nitrogens with zero attached hydrogens (tertiary/aromatic N) is 1. The summed E-state index contributed by atoms with van der Waals surface area (Å²) in [6, 6.07) is 21.0. The lowest BCUT2D eigenvalue weighted by Gasteiger charge is -2.09. The lowest BCUT2D eigenvalue weighted by atomic mass is 10.2. The van der Waals surface area contributed by atoms with Gasteiger partial charge in [-0.1, -0.05) is 18.2 Å². The van der Waals surface area contributed by atoms with E-state index in [0.717, 1.165) is 27.2 Å². The third-order valence-corrected chi connectivity index (χ3v) is 4.36. The smallest absolute Gasteiger partial charge is 0.161 e. The largest absolute Gasteiger partial charge is 0.493 e. The lowest BCUT2D eigenvalue weighted by Crippen LogP contribution is -1.93. The number of aliphatic imine (C=N–C) groups is 1. The quantitative estimate of drug-likeness (QED) is 0.466. The second-order valence-corrected chi connectivity index (χ2v) is 6.25. The van der Waals surface area contributed by atoms with E-state index in [0.29, 0.717) is 11.5 Å². The van der Waals surface area contributed by atoms with E-state index in [-0.39, 0.29) is 0 Å². The van der Waals surface area contributed by atoms with Crippen LogP contribution in [0.3, 0.4) is 0 Å². The maximum atomic E-state index is 5.78. The Morgan fingerprint density at radius 3 is 2.08 bits per heavy atom. The van der Waals surface area contributed by atoms with Gasteiger partial charge in [0.2, 0.25) is 0 Å². The molecule has 0 spiro atoms. The van der Waals surface area contributed by atoms with Crippen molar-refractivity contribution >= 4 is 27.8 Å². The molecule has 0 aromatic heterocycles. The topological polar surface area (TPSA) is 40.0 Å². The first kappa shape index (κ1) is 18.0.